The van der Waals surface area contributed by atoms with Crippen molar-refractivity contribution in [3.63, 3.8) is 0 Å². The minimum atomic E-state index is -0.194. The number of ether oxygens (including phenoxy) is 1. The molecular formula is C21H27FOS. The normalized spacial score (nSPS) is 18.0. The molecule has 130 valence electrons. The Morgan fingerprint density at radius 1 is 1.25 bits per heavy atom. The van der Waals surface area contributed by atoms with Crippen molar-refractivity contribution in [1.82, 2.24) is 0 Å². The molecule has 0 spiro atoms. The zero-order valence-corrected chi connectivity index (χ0v) is 15.6. The lowest BCUT2D eigenvalue weighted by atomic mass is 9.86. The summed E-state index contributed by atoms with van der Waals surface area (Å²) in [4.78, 5) is 1.23. The van der Waals surface area contributed by atoms with Gasteiger partial charge in [-0.1, -0.05) is 39.2 Å². The van der Waals surface area contributed by atoms with Gasteiger partial charge in [0.2, 0.25) is 0 Å². The third-order valence-electron chi connectivity index (χ3n) is 4.88. The Labute approximate surface area is 148 Å². The number of allylic oxidation sites excluding steroid dienone is 2. The first-order chi connectivity index (χ1) is 11.7. The highest BCUT2D eigenvalue weighted by Gasteiger charge is 2.18. The van der Waals surface area contributed by atoms with Gasteiger partial charge in [0.1, 0.15) is 0 Å². The molecule has 24 heavy (non-hydrogen) atoms. The van der Waals surface area contributed by atoms with E-state index in [0.717, 1.165) is 35.3 Å². The summed E-state index contributed by atoms with van der Waals surface area (Å²) in [6, 6.07) is 5.91. The SMILES string of the molecule is CCCCOc1ccc2cc(C3=CCC(CCC)CC3)sc2c1F. The van der Waals surface area contributed by atoms with Crippen molar-refractivity contribution in [2.75, 3.05) is 6.61 Å². The van der Waals surface area contributed by atoms with Crippen LogP contribution >= 0.6 is 11.3 Å². The van der Waals surface area contributed by atoms with Gasteiger partial charge in [-0.2, -0.15) is 0 Å². The highest BCUT2D eigenvalue weighted by atomic mass is 32.1. The van der Waals surface area contributed by atoms with Gasteiger partial charge >= 0.3 is 0 Å². The predicted molar refractivity (Wildman–Crippen MR) is 102 cm³/mol. The number of benzene rings is 1. The number of fused-ring (bicyclic) bond motifs is 1. The molecule has 1 aliphatic carbocycles. The Bertz CT molecular complexity index is 716. The fraction of sp³-hybridized carbons (Fsp3) is 0.524. The van der Waals surface area contributed by atoms with Gasteiger partial charge in [-0.05, 0) is 60.8 Å². The third kappa shape index (κ3) is 3.83. The molecule has 0 saturated heterocycles. The largest absolute Gasteiger partial charge is 0.490 e. The smallest absolute Gasteiger partial charge is 0.182 e. The molecular weight excluding hydrogens is 319 g/mol. The van der Waals surface area contributed by atoms with E-state index >= 15 is 0 Å². The van der Waals surface area contributed by atoms with Crippen LogP contribution in [-0.2, 0) is 0 Å². The Morgan fingerprint density at radius 2 is 2.12 bits per heavy atom. The zero-order chi connectivity index (χ0) is 16.9. The van der Waals surface area contributed by atoms with Gasteiger partial charge in [-0.15, -0.1) is 11.3 Å². The van der Waals surface area contributed by atoms with Gasteiger partial charge in [-0.25, -0.2) is 4.39 Å². The summed E-state index contributed by atoms with van der Waals surface area (Å²) in [5.74, 6) is 1.04. The van der Waals surface area contributed by atoms with Crippen LogP contribution in [0.2, 0.25) is 0 Å². The fourth-order valence-corrected chi connectivity index (χ4v) is 4.59. The van der Waals surface area contributed by atoms with E-state index in [1.807, 2.05) is 6.07 Å². The molecule has 2 aromatic rings. The molecule has 0 radical (unpaired) electrons. The Morgan fingerprint density at radius 3 is 2.83 bits per heavy atom. The first kappa shape index (κ1) is 17.5. The van der Waals surface area contributed by atoms with Gasteiger partial charge in [0.05, 0.1) is 11.3 Å². The Kier molecular flexibility index (Phi) is 5.94. The molecule has 1 aromatic heterocycles. The lowest BCUT2D eigenvalue weighted by Gasteiger charge is -2.20. The molecule has 0 N–H and O–H groups in total. The van der Waals surface area contributed by atoms with E-state index in [0.29, 0.717) is 12.4 Å². The summed E-state index contributed by atoms with van der Waals surface area (Å²) < 4.78 is 21.0. The van der Waals surface area contributed by atoms with Crippen LogP contribution in [-0.4, -0.2) is 6.61 Å². The van der Waals surface area contributed by atoms with Gasteiger partial charge < -0.3 is 4.74 Å². The lowest BCUT2D eigenvalue weighted by molar-refractivity contribution is 0.295. The van der Waals surface area contributed by atoms with Gasteiger partial charge in [0, 0.05) is 4.88 Å². The van der Waals surface area contributed by atoms with Gasteiger partial charge in [-0.3, -0.25) is 0 Å². The monoisotopic (exact) mass is 346 g/mol. The van der Waals surface area contributed by atoms with E-state index in [9.17, 15) is 4.39 Å². The van der Waals surface area contributed by atoms with E-state index in [4.69, 9.17) is 4.74 Å². The maximum Gasteiger partial charge on any atom is 0.182 e. The molecule has 1 heterocycles. The Hall–Kier alpha value is -1.35. The number of halogens is 1. The highest BCUT2D eigenvalue weighted by molar-refractivity contribution is 7.20. The van der Waals surface area contributed by atoms with Crippen molar-refractivity contribution < 1.29 is 9.13 Å². The van der Waals surface area contributed by atoms with E-state index in [2.05, 4.69) is 26.0 Å². The average molecular weight is 347 g/mol. The maximum atomic E-state index is 14.7. The second-order valence-electron chi connectivity index (χ2n) is 6.77. The second kappa shape index (κ2) is 8.15. The second-order valence-corrected chi connectivity index (χ2v) is 7.82. The summed E-state index contributed by atoms with van der Waals surface area (Å²) in [6.45, 7) is 4.95. The van der Waals surface area contributed by atoms with E-state index in [1.165, 1.54) is 36.1 Å². The number of hydrogen-bond acceptors (Lipinski definition) is 2. The molecule has 0 saturated carbocycles. The average Bonchev–Trinajstić information content (AvgIpc) is 3.03. The molecule has 0 bridgehead atoms. The van der Waals surface area contributed by atoms with Crippen molar-refractivity contribution in [3.8, 4) is 5.75 Å². The molecule has 0 fully saturated rings. The summed E-state index contributed by atoms with van der Waals surface area (Å²) in [6.07, 6.45) is 10.5. The standard InChI is InChI=1S/C21H27FOS/c1-3-5-13-23-18-12-11-17-14-19(24-21(17)20(18)22)16-9-7-15(6-4-2)8-10-16/h9,11-12,14-15H,3-8,10,13H2,1-2H3. The highest BCUT2D eigenvalue weighted by Crippen LogP contribution is 2.40. The first-order valence-electron chi connectivity index (χ1n) is 9.27. The third-order valence-corrected chi connectivity index (χ3v) is 6.10. The number of hydrogen-bond donors (Lipinski definition) is 0. The van der Waals surface area contributed by atoms with Crippen LogP contribution in [0.25, 0.3) is 15.7 Å². The molecule has 1 atom stereocenters. The van der Waals surface area contributed by atoms with Crippen LogP contribution in [0.15, 0.2) is 24.3 Å². The molecule has 1 unspecified atom stereocenters. The van der Waals surface area contributed by atoms with Gasteiger partial charge in [0.25, 0.3) is 0 Å². The van der Waals surface area contributed by atoms with E-state index < -0.39 is 0 Å². The predicted octanol–water partition coefficient (Wildman–Crippen LogP) is 7.20. The zero-order valence-electron chi connectivity index (χ0n) is 14.7. The molecule has 0 amide bonds. The molecule has 3 heteroatoms. The lowest BCUT2D eigenvalue weighted by Crippen LogP contribution is -2.04. The van der Waals surface area contributed by atoms with Crippen molar-refractivity contribution in [3.05, 3.63) is 35.0 Å². The van der Waals surface area contributed by atoms with Crippen LogP contribution in [0.3, 0.4) is 0 Å². The van der Waals surface area contributed by atoms with Gasteiger partial charge in [0.15, 0.2) is 11.6 Å². The van der Waals surface area contributed by atoms with E-state index in [-0.39, 0.29) is 5.82 Å². The molecule has 1 aromatic carbocycles. The molecule has 3 rings (SSSR count). The van der Waals surface area contributed by atoms with Crippen LogP contribution in [0.1, 0.15) is 63.7 Å². The van der Waals surface area contributed by atoms with Crippen molar-refractivity contribution in [2.45, 2.75) is 58.8 Å². The number of rotatable bonds is 7. The fourth-order valence-electron chi connectivity index (χ4n) is 3.43. The van der Waals surface area contributed by atoms with Crippen LogP contribution in [0.5, 0.6) is 5.75 Å². The van der Waals surface area contributed by atoms with Crippen LogP contribution in [0, 0.1) is 11.7 Å². The van der Waals surface area contributed by atoms with Crippen molar-refractivity contribution in [2.24, 2.45) is 5.92 Å². The van der Waals surface area contributed by atoms with Crippen molar-refractivity contribution in [1.29, 1.82) is 0 Å². The minimum Gasteiger partial charge on any atom is -0.490 e. The first-order valence-corrected chi connectivity index (χ1v) is 10.1. The summed E-state index contributed by atoms with van der Waals surface area (Å²) >= 11 is 1.58. The van der Waals surface area contributed by atoms with Crippen LogP contribution in [0.4, 0.5) is 4.39 Å². The molecule has 0 aliphatic heterocycles. The molecule has 1 nitrogen and oxygen atoms in total. The van der Waals surface area contributed by atoms with Crippen LogP contribution < -0.4 is 4.74 Å². The van der Waals surface area contributed by atoms with E-state index in [1.54, 1.807) is 17.4 Å². The number of unbranched alkanes of at least 4 members (excludes halogenated alkanes) is 1. The van der Waals surface area contributed by atoms with Crippen molar-refractivity contribution >= 4 is 27.0 Å². The quantitative estimate of drug-likeness (QED) is 0.481. The maximum absolute atomic E-state index is 14.7. The minimum absolute atomic E-state index is 0.194. The molecule has 1 aliphatic rings. The number of thiophene rings is 1. The topological polar surface area (TPSA) is 9.23 Å². The summed E-state index contributed by atoms with van der Waals surface area (Å²) in [5, 5.41) is 0.993. The summed E-state index contributed by atoms with van der Waals surface area (Å²) in [5.41, 5.74) is 1.40. The Balaban J connectivity index is 1.80. The summed E-state index contributed by atoms with van der Waals surface area (Å²) in [7, 11) is 0.